The highest BCUT2D eigenvalue weighted by atomic mass is 35.5. The molecule has 0 bridgehead atoms. The van der Waals surface area contributed by atoms with Gasteiger partial charge in [0.05, 0.1) is 17.3 Å². The standard InChI is InChI=1S/C15H17ClN2O2/c1-9(2)10-3-4-11-12(13(10)16)15(7-17-8-15)14(20)18(11)5-6-19/h3-4,6,9,17H,5,7-8H2,1-2H3. The molecule has 0 radical (unpaired) electrons. The molecule has 1 fully saturated rings. The van der Waals surface area contributed by atoms with E-state index in [0.29, 0.717) is 24.0 Å². The lowest BCUT2D eigenvalue weighted by Gasteiger charge is -2.38. The van der Waals surface area contributed by atoms with Crippen molar-refractivity contribution in [1.29, 1.82) is 0 Å². The highest BCUT2D eigenvalue weighted by Gasteiger charge is 2.56. The molecule has 5 heteroatoms. The Hall–Kier alpha value is -1.39. The van der Waals surface area contributed by atoms with Crippen LogP contribution in [0.2, 0.25) is 5.02 Å². The van der Waals surface area contributed by atoms with Crippen molar-refractivity contribution in [1.82, 2.24) is 5.32 Å². The van der Waals surface area contributed by atoms with Gasteiger partial charge in [0.1, 0.15) is 11.7 Å². The number of fused-ring (bicyclic) bond motifs is 2. The summed E-state index contributed by atoms with van der Waals surface area (Å²) in [5.41, 5.74) is 2.17. The Balaban J connectivity index is 2.21. The number of aldehydes is 1. The number of carbonyl (C=O) groups excluding carboxylic acids is 2. The topological polar surface area (TPSA) is 49.4 Å². The number of nitrogens with one attached hydrogen (secondary N) is 1. The van der Waals surface area contributed by atoms with E-state index in [4.69, 9.17) is 11.6 Å². The summed E-state index contributed by atoms with van der Waals surface area (Å²) in [5, 5.41) is 3.84. The van der Waals surface area contributed by atoms with E-state index < -0.39 is 5.41 Å². The van der Waals surface area contributed by atoms with Gasteiger partial charge in [0.2, 0.25) is 5.91 Å². The molecule has 0 aliphatic carbocycles. The quantitative estimate of drug-likeness (QED) is 0.865. The molecular formula is C15H17ClN2O2. The molecule has 0 saturated carbocycles. The molecule has 2 aliphatic heterocycles. The molecule has 4 nitrogen and oxygen atoms in total. The second-order valence-electron chi connectivity index (χ2n) is 5.79. The molecule has 3 rings (SSSR count). The molecule has 106 valence electrons. The first-order valence-corrected chi connectivity index (χ1v) is 7.20. The Bertz CT molecular complexity index is 594. The highest BCUT2D eigenvalue weighted by molar-refractivity contribution is 6.34. The average molecular weight is 293 g/mol. The van der Waals surface area contributed by atoms with Crippen molar-refractivity contribution in [2.45, 2.75) is 25.2 Å². The average Bonchev–Trinajstić information content (AvgIpc) is 2.60. The van der Waals surface area contributed by atoms with Gasteiger partial charge >= 0.3 is 0 Å². The smallest absolute Gasteiger partial charge is 0.240 e. The van der Waals surface area contributed by atoms with Gasteiger partial charge in [0.25, 0.3) is 0 Å². The van der Waals surface area contributed by atoms with Crippen molar-refractivity contribution in [2.24, 2.45) is 0 Å². The molecule has 0 atom stereocenters. The van der Waals surface area contributed by atoms with Gasteiger partial charge in [-0.25, -0.2) is 0 Å². The lowest BCUT2D eigenvalue weighted by atomic mass is 9.75. The molecule has 1 aromatic carbocycles. The molecule has 2 heterocycles. The summed E-state index contributed by atoms with van der Waals surface area (Å²) in [7, 11) is 0. The van der Waals surface area contributed by atoms with E-state index in [1.54, 1.807) is 4.90 Å². The van der Waals surface area contributed by atoms with Crippen molar-refractivity contribution in [3.63, 3.8) is 0 Å². The van der Waals surface area contributed by atoms with Gasteiger partial charge in [-0.1, -0.05) is 31.5 Å². The van der Waals surface area contributed by atoms with Gasteiger partial charge in [-0.3, -0.25) is 4.79 Å². The van der Waals surface area contributed by atoms with Crippen molar-refractivity contribution in [3.05, 3.63) is 28.3 Å². The van der Waals surface area contributed by atoms with Crippen molar-refractivity contribution in [3.8, 4) is 0 Å². The Morgan fingerprint density at radius 1 is 1.45 bits per heavy atom. The van der Waals surface area contributed by atoms with E-state index in [1.807, 2.05) is 12.1 Å². The summed E-state index contributed by atoms with van der Waals surface area (Å²) in [4.78, 5) is 25.1. The Morgan fingerprint density at radius 2 is 2.15 bits per heavy atom. The van der Waals surface area contributed by atoms with Crippen LogP contribution in [0.3, 0.4) is 0 Å². The summed E-state index contributed by atoms with van der Waals surface area (Å²) in [6.45, 7) is 5.44. The van der Waals surface area contributed by atoms with Gasteiger partial charge in [-0.2, -0.15) is 0 Å². The molecule has 20 heavy (non-hydrogen) atoms. The zero-order valence-corrected chi connectivity index (χ0v) is 12.3. The lowest BCUT2D eigenvalue weighted by Crippen LogP contribution is -2.62. The van der Waals surface area contributed by atoms with Crippen LogP contribution in [-0.4, -0.2) is 31.8 Å². The van der Waals surface area contributed by atoms with Crippen LogP contribution < -0.4 is 10.2 Å². The number of hydrogen-bond donors (Lipinski definition) is 1. The zero-order valence-electron chi connectivity index (χ0n) is 11.6. The first-order chi connectivity index (χ1) is 9.53. The van der Waals surface area contributed by atoms with E-state index in [-0.39, 0.29) is 12.5 Å². The van der Waals surface area contributed by atoms with Gasteiger partial charge < -0.3 is 15.0 Å². The molecule has 1 aromatic rings. The molecule has 1 spiro atoms. The van der Waals surface area contributed by atoms with E-state index in [1.165, 1.54) is 0 Å². The lowest BCUT2D eigenvalue weighted by molar-refractivity contribution is -0.125. The molecule has 1 amide bonds. The van der Waals surface area contributed by atoms with E-state index in [9.17, 15) is 9.59 Å². The predicted octanol–water partition coefficient (Wildman–Crippen LogP) is 1.85. The minimum atomic E-state index is -0.569. The van der Waals surface area contributed by atoms with Crippen molar-refractivity contribution >= 4 is 29.5 Å². The van der Waals surface area contributed by atoms with Crippen LogP contribution in [0, 0.1) is 0 Å². The number of hydrogen-bond acceptors (Lipinski definition) is 3. The van der Waals surface area contributed by atoms with E-state index in [2.05, 4.69) is 19.2 Å². The number of rotatable bonds is 3. The van der Waals surface area contributed by atoms with Crippen LogP contribution in [0.15, 0.2) is 12.1 Å². The van der Waals surface area contributed by atoms with Crippen LogP contribution in [-0.2, 0) is 15.0 Å². The van der Waals surface area contributed by atoms with Crippen LogP contribution >= 0.6 is 11.6 Å². The minimum Gasteiger partial charge on any atom is -0.314 e. The number of carbonyl (C=O) groups is 2. The molecule has 0 unspecified atom stereocenters. The van der Waals surface area contributed by atoms with Gasteiger partial charge in [-0.15, -0.1) is 0 Å². The number of anilines is 1. The van der Waals surface area contributed by atoms with Gasteiger partial charge in [0.15, 0.2) is 0 Å². The third-order valence-corrected chi connectivity index (χ3v) is 4.71. The summed E-state index contributed by atoms with van der Waals surface area (Å²) < 4.78 is 0. The summed E-state index contributed by atoms with van der Waals surface area (Å²) in [6, 6.07) is 3.88. The Kier molecular flexibility index (Phi) is 3.10. The minimum absolute atomic E-state index is 0.0128. The zero-order chi connectivity index (χ0) is 14.5. The number of amides is 1. The molecule has 1 N–H and O–H groups in total. The first kappa shape index (κ1) is 13.6. The number of nitrogens with zero attached hydrogens (tertiary/aromatic N) is 1. The Labute approximate surface area is 123 Å². The monoisotopic (exact) mass is 292 g/mol. The summed E-state index contributed by atoms with van der Waals surface area (Å²) in [6.07, 6.45) is 0.761. The maximum Gasteiger partial charge on any atom is 0.240 e. The fraction of sp³-hybridized carbons (Fsp3) is 0.467. The second kappa shape index (κ2) is 4.57. The molecule has 2 aliphatic rings. The molecule has 0 aromatic heterocycles. The third-order valence-electron chi connectivity index (χ3n) is 4.31. The SMILES string of the molecule is CC(C)c1ccc2c(c1Cl)C1(CNC1)C(=O)N2CC=O. The maximum atomic E-state index is 12.7. The first-order valence-electron chi connectivity index (χ1n) is 6.82. The molecular weight excluding hydrogens is 276 g/mol. The predicted molar refractivity (Wildman–Crippen MR) is 78.5 cm³/mol. The van der Waals surface area contributed by atoms with Gasteiger partial charge in [-0.05, 0) is 17.5 Å². The van der Waals surface area contributed by atoms with Crippen LogP contribution in [0.1, 0.15) is 30.9 Å². The summed E-state index contributed by atoms with van der Waals surface area (Å²) >= 11 is 6.58. The maximum absolute atomic E-state index is 12.7. The highest BCUT2D eigenvalue weighted by Crippen LogP contribution is 2.49. The van der Waals surface area contributed by atoms with Crippen molar-refractivity contribution < 1.29 is 9.59 Å². The van der Waals surface area contributed by atoms with Crippen LogP contribution in [0.4, 0.5) is 5.69 Å². The van der Waals surface area contributed by atoms with Crippen LogP contribution in [0.5, 0.6) is 0 Å². The van der Waals surface area contributed by atoms with E-state index in [0.717, 1.165) is 23.1 Å². The normalized spacial score (nSPS) is 19.4. The van der Waals surface area contributed by atoms with E-state index >= 15 is 0 Å². The third kappa shape index (κ3) is 1.58. The largest absolute Gasteiger partial charge is 0.314 e. The van der Waals surface area contributed by atoms with Gasteiger partial charge in [0, 0.05) is 18.7 Å². The number of halogens is 1. The second-order valence-corrected chi connectivity index (χ2v) is 6.16. The van der Waals surface area contributed by atoms with Crippen LogP contribution in [0.25, 0.3) is 0 Å². The Morgan fingerprint density at radius 3 is 2.65 bits per heavy atom. The number of benzene rings is 1. The van der Waals surface area contributed by atoms with Crippen molar-refractivity contribution in [2.75, 3.05) is 24.5 Å². The fourth-order valence-electron chi connectivity index (χ4n) is 3.14. The molecule has 1 saturated heterocycles. The summed E-state index contributed by atoms with van der Waals surface area (Å²) in [5.74, 6) is 0.286. The fourth-order valence-corrected chi connectivity index (χ4v) is 3.70.